The van der Waals surface area contributed by atoms with Crippen molar-refractivity contribution in [1.29, 1.82) is 0 Å². The quantitative estimate of drug-likeness (QED) is 0.257. The fourth-order valence-corrected chi connectivity index (χ4v) is 6.18. The van der Waals surface area contributed by atoms with Crippen LogP contribution >= 0.6 is 23.4 Å². The van der Waals surface area contributed by atoms with Crippen LogP contribution in [0.1, 0.15) is 11.1 Å². The molecular weight excluding hydrogens is 516 g/mol. The van der Waals surface area contributed by atoms with Gasteiger partial charge in [0.2, 0.25) is 5.91 Å². The number of rotatable bonds is 6. The van der Waals surface area contributed by atoms with Crippen molar-refractivity contribution in [2.45, 2.75) is 23.5 Å². The molecule has 36 heavy (non-hydrogen) atoms. The molecular formula is C26H21ClN4O3S2. The Hall–Kier alpha value is -3.40. The van der Waals surface area contributed by atoms with Crippen molar-refractivity contribution in [2.24, 2.45) is 0 Å². The molecule has 0 spiro atoms. The third-order valence-corrected chi connectivity index (χ3v) is 8.48. The summed E-state index contributed by atoms with van der Waals surface area (Å²) in [6.45, 7) is 2.12. The molecule has 0 saturated heterocycles. The number of thioether (sulfide) groups is 1. The molecule has 0 fully saturated rings. The molecule has 7 nitrogen and oxygen atoms in total. The van der Waals surface area contributed by atoms with E-state index in [0.29, 0.717) is 32.8 Å². The molecule has 0 unspecified atom stereocenters. The number of halogens is 1. The van der Waals surface area contributed by atoms with Gasteiger partial charge in [-0.15, -0.1) is 0 Å². The van der Waals surface area contributed by atoms with Crippen LogP contribution in [-0.4, -0.2) is 30.0 Å². The largest absolute Gasteiger partial charge is 0.325 e. The topological polar surface area (TPSA) is 92.3 Å². The van der Waals surface area contributed by atoms with Crippen molar-refractivity contribution < 1.29 is 13.2 Å². The predicted octanol–water partition coefficient (Wildman–Crippen LogP) is 5.55. The number of hydrogen-bond acceptors (Lipinski definition) is 6. The number of carbonyl (C=O) groups excluding carboxylic acids is 1. The van der Waals surface area contributed by atoms with Gasteiger partial charge in [0, 0.05) is 16.3 Å². The van der Waals surface area contributed by atoms with Crippen molar-refractivity contribution >= 4 is 50.7 Å². The van der Waals surface area contributed by atoms with Crippen molar-refractivity contribution in [2.75, 3.05) is 15.4 Å². The van der Waals surface area contributed by atoms with Gasteiger partial charge < -0.3 is 5.32 Å². The Labute approximate surface area is 218 Å². The second kappa shape index (κ2) is 9.93. The Morgan fingerprint density at radius 3 is 2.56 bits per heavy atom. The van der Waals surface area contributed by atoms with E-state index in [1.165, 1.54) is 10.5 Å². The first-order valence-corrected chi connectivity index (χ1v) is 13.8. The maximum atomic E-state index is 13.6. The number of aryl methyl sites for hydroxylation is 1. The summed E-state index contributed by atoms with van der Waals surface area (Å²) in [4.78, 5) is 21.2. The number of carbonyl (C=O) groups is 1. The van der Waals surface area contributed by atoms with Crippen LogP contribution in [0, 0.1) is 6.92 Å². The standard InChI is InChI=1S/C26H21ClN4O3S2/c1-17-7-10-20(11-8-17)29-24(32)16-35-26-28-14-23-25(30-26)21-12-9-19(27)13-22(21)31(36(23,33)34)15-18-5-3-2-4-6-18/h2-14H,15-16H2,1H3,(H,29,32). The summed E-state index contributed by atoms with van der Waals surface area (Å²) in [6.07, 6.45) is 1.31. The number of amides is 1. The van der Waals surface area contributed by atoms with Gasteiger partial charge in [-0.05, 0) is 42.8 Å². The smallest absolute Gasteiger partial charge is 0.268 e. The molecule has 0 aliphatic carbocycles. The maximum absolute atomic E-state index is 13.6. The molecule has 0 bridgehead atoms. The van der Waals surface area contributed by atoms with Gasteiger partial charge in [0.05, 0.1) is 29.9 Å². The predicted molar refractivity (Wildman–Crippen MR) is 143 cm³/mol. The lowest BCUT2D eigenvalue weighted by atomic mass is 10.1. The molecule has 5 rings (SSSR count). The van der Waals surface area contributed by atoms with E-state index >= 15 is 0 Å². The van der Waals surface area contributed by atoms with Crippen LogP contribution < -0.4 is 9.62 Å². The molecule has 1 aliphatic heterocycles. The fourth-order valence-electron chi connectivity index (χ4n) is 3.85. The van der Waals surface area contributed by atoms with Crippen molar-refractivity contribution in [3.05, 3.63) is 95.1 Å². The van der Waals surface area contributed by atoms with Crippen molar-refractivity contribution in [1.82, 2.24) is 9.97 Å². The second-order valence-electron chi connectivity index (χ2n) is 8.23. The maximum Gasteiger partial charge on any atom is 0.268 e. The third-order valence-electron chi connectivity index (χ3n) is 5.62. The zero-order chi connectivity index (χ0) is 25.3. The Balaban J connectivity index is 1.43. The van der Waals surface area contributed by atoms with Gasteiger partial charge in [-0.1, -0.05) is 71.4 Å². The highest BCUT2D eigenvalue weighted by Gasteiger charge is 2.37. The molecule has 0 atom stereocenters. The summed E-state index contributed by atoms with van der Waals surface area (Å²) < 4.78 is 28.6. The summed E-state index contributed by atoms with van der Waals surface area (Å²) >= 11 is 7.39. The normalized spacial score (nSPS) is 13.6. The molecule has 3 aromatic carbocycles. The number of hydrogen-bond donors (Lipinski definition) is 1. The Morgan fingerprint density at radius 1 is 1.06 bits per heavy atom. The van der Waals surface area contributed by atoms with Gasteiger partial charge in [-0.25, -0.2) is 18.4 Å². The highest BCUT2D eigenvalue weighted by atomic mass is 35.5. The lowest BCUT2D eigenvalue weighted by Gasteiger charge is -2.31. The molecule has 1 amide bonds. The first-order valence-electron chi connectivity index (χ1n) is 11.0. The first kappa shape index (κ1) is 24.3. The van der Waals surface area contributed by atoms with Crippen LogP contribution in [0.5, 0.6) is 0 Å². The summed E-state index contributed by atoms with van der Waals surface area (Å²) in [5.41, 5.74) is 4.02. The number of aromatic nitrogens is 2. The number of nitrogens with one attached hydrogen (secondary N) is 1. The minimum absolute atomic E-state index is 0.0155. The molecule has 10 heteroatoms. The molecule has 4 aromatic rings. The number of anilines is 2. The fraction of sp³-hybridized carbons (Fsp3) is 0.115. The number of sulfonamides is 1. The molecule has 182 valence electrons. The van der Waals surface area contributed by atoms with E-state index in [9.17, 15) is 13.2 Å². The average molecular weight is 537 g/mol. The van der Waals surface area contributed by atoms with Gasteiger partial charge in [-0.2, -0.15) is 0 Å². The zero-order valence-electron chi connectivity index (χ0n) is 19.2. The Bertz CT molecular complexity index is 1550. The van der Waals surface area contributed by atoms with E-state index in [1.54, 1.807) is 18.2 Å². The highest BCUT2D eigenvalue weighted by Crippen LogP contribution is 2.44. The van der Waals surface area contributed by atoms with E-state index in [-0.39, 0.29) is 23.1 Å². The molecule has 0 radical (unpaired) electrons. The Kier molecular flexibility index (Phi) is 6.70. The minimum atomic E-state index is -3.94. The molecule has 2 heterocycles. The van der Waals surface area contributed by atoms with Gasteiger partial charge >= 0.3 is 0 Å². The van der Waals surface area contributed by atoms with E-state index < -0.39 is 10.0 Å². The van der Waals surface area contributed by atoms with Gasteiger partial charge in [0.15, 0.2) is 5.16 Å². The van der Waals surface area contributed by atoms with Crippen LogP contribution in [0.4, 0.5) is 11.4 Å². The highest BCUT2D eigenvalue weighted by molar-refractivity contribution is 7.99. The van der Waals surface area contributed by atoms with Crippen LogP contribution in [0.2, 0.25) is 5.02 Å². The van der Waals surface area contributed by atoms with Gasteiger partial charge in [-0.3, -0.25) is 9.10 Å². The summed E-state index contributed by atoms with van der Waals surface area (Å²) in [7, 11) is -3.94. The Morgan fingerprint density at radius 2 is 1.81 bits per heavy atom. The molecule has 1 N–H and O–H groups in total. The second-order valence-corrected chi connectivity index (χ2v) is 11.4. The van der Waals surface area contributed by atoms with Crippen LogP contribution in [-0.2, 0) is 21.4 Å². The number of benzene rings is 3. The molecule has 1 aromatic heterocycles. The summed E-state index contributed by atoms with van der Waals surface area (Å²) in [5.74, 6) is -0.133. The minimum Gasteiger partial charge on any atom is -0.325 e. The van der Waals surface area contributed by atoms with E-state index in [4.69, 9.17) is 11.6 Å². The monoisotopic (exact) mass is 536 g/mol. The molecule has 1 aliphatic rings. The van der Waals surface area contributed by atoms with Crippen LogP contribution in [0.3, 0.4) is 0 Å². The van der Waals surface area contributed by atoms with Gasteiger partial charge in [0.1, 0.15) is 4.90 Å². The first-order chi connectivity index (χ1) is 17.3. The average Bonchev–Trinajstić information content (AvgIpc) is 2.87. The SMILES string of the molecule is Cc1ccc(NC(=O)CSc2ncc3c(n2)-c2ccc(Cl)cc2N(Cc2ccccc2)S3(=O)=O)cc1. The zero-order valence-corrected chi connectivity index (χ0v) is 21.6. The lowest BCUT2D eigenvalue weighted by Crippen LogP contribution is -2.34. The van der Waals surface area contributed by atoms with E-state index in [0.717, 1.165) is 22.9 Å². The van der Waals surface area contributed by atoms with Crippen molar-refractivity contribution in [3.63, 3.8) is 0 Å². The van der Waals surface area contributed by atoms with E-state index in [1.807, 2.05) is 61.5 Å². The number of fused-ring (bicyclic) bond motifs is 3. The molecule has 0 saturated carbocycles. The lowest BCUT2D eigenvalue weighted by molar-refractivity contribution is -0.113. The number of nitrogens with zero attached hydrogens (tertiary/aromatic N) is 3. The third kappa shape index (κ3) is 4.95. The van der Waals surface area contributed by atoms with E-state index in [2.05, 4.69) is 15.3 Å². The van der Waals surface area contributed by atoms with Crippen LogP contribution in [0.15, 0.2) is 89.0 Å². The van der Waals surface area contributed by atoms with Crippen LogP contribution in [0.25, 0.3) is 11.3 Å². The van der Waals surface area contributed by atoms with Crippen molar-refractivity contribution in [3.8, 4) is 11.3 Å². The van der Waals surface area contributed by atoms with Gasteiger partial charge in [0.25, 0.3) is 10.0 Å². The summed E-state index contributed by atoms with van der Waals surface area (Å²) in [5, 5.41) is 3.56. The summed E-state index contributed by atoms with van der Waals surface area (Å²) in [6, 6.07) is 21.9.